The van der Waals surface area contributed by atoms with Crippen molar-refractivity contribution in [3.63, 3.8) is 0 Å². The van der Waals surface area contributed by atoms with Gasteiger partial charge in [-0.15, -0.1) is 11.8 Å². The molecule has 104 valence electrons. The molecule has 0 saturated carbocycles. The zero-order valence-electron chi connectivity index (χ0n) is 10.6. The van der Waals surface area contributed by atoms with Crippen LogP contribution < -0.4 is 0 Å². The first kappa shape index (κ1) is 15.5. The van der Waals surface area contributed by atoms with Crippen LogP contribution in [0.4, 0.5) is 4.39 Å². The summed E-state index contributed by atoms with van der Waals surface area (Å²) < 4.78 is 12.7. The van der Waals surface area contributed by atoms with Gasteiger partial charge in [0.05, 0.1) is 5.75 Å². The number of carboxylic acids is 1. The van der Waals surface area contributed by atoms with Crippen LogP contribution in [-0.4, -0.2) is 40.7 Å². The minimum atomic E-state index is -1.02. The maximum Gasteiger partial charge on any atom is 0.323 e. The SMILES string of the molecule is CCCN(CC(=O)O)C(=O)CSc1ccc(F)cc1. The summed E-state index contributed by atoms with van der Waals surface area (Å²) in [7, 11) is 0. The number of rotatable bonds is 7. The van der Waals surface area contributed by atoms with E-state index >= 15 is 0 Å². The number of hydrogen-bond acceptors (Lipinski definition) is 3. The van der Waals surface area contributed by atoms with Crippen LogP contribution in [0, 0.1) is 5.82 Å². The topological polar surface area (TPSA) is 57.6 Å². The van der Waals surface area contributed by atoms with E-state index in [0.29, 0.717) is 13.0 Å². The fourth-order valence-corrected chi connectivity index (χ4v) is 2.29. The summed E-state index contributed by atoms with van der Waals surface area (Å²) in [4.78, 5) is 24.6. The summed E-state index contributed by atoms with van der Waals surface area (Å²) in [5.41, 5.74) is 0. The summed E-state index contributed by atoms with van der Waals surface area (Å²) in [6.45, 7) is 2.03. The Morgan fingerprint density at radius 2 is 1.95 bits per heavy atom. The van der Waals surface area contributed by atoms with Gasteiger partial charge in [0.2, 0.25) is 5.91 Å². The number of carbonyl (C=O) groups is 2. The maximum absolute atomic E-state index is 12.7. The molecule has 0 bridgehead atoms. The minimum absolute atomic E-state index is 0.152. The average Bonchev–Trinajstić information content (AvgIpc) is 2.37. The number of nitrogens with zero attached hydrogens (tertiary/aromatic N) is 1. The van der Waals surface area contributed by atoms with E-state index in [0.717, 1.165) is 4.90 Å². The molecule has 1 rings (SSSR count). The monoisotopic (exact) mass is 285 g/mol. The molecule has 0 spiro atoms. The normalized spacial score (nSPS) is 10.2. The third-order valence-corrected chi connectivity index (χ3v) is 3.35. The van der Waals surface area contributed by atoms with E-state index in [1.54, 1.807) is 12.1 Å². The van der Waals surface area contributed by atoms with E-state index < -0.39 is 5.97 Å². The first-order chi connectivity index (χ1) is 9.02. The van der Waals surface area contributed by atoms with Crippen LogP contribution in [0.2, 0.25) is 0 Å². The highest BCUT2D eigenvalue weighted by Gasteiger charge is 2.15. The van der Waals surface area contributed by atoms with Gasteiger partial charge in [-0.25, -0.2) is 4.39 Å². The highest BCUT2D eigenvalue weighted by molar-refractivity contribution is 8.00. The molecule has 0 unspecified atom stereocenters. The van der Waals surface area contributed by atoms with Gasteiger partial charge in [-0.1, -0.05) is 6.92 Å². The van der Waals surface area contributed by atoms with E-state index in [9.17, 15) is 14.0 Å². The van der Waals surface area contributed by atoms with Gasteiger partial charge in [-0.3, -0.25) is 9.59 Å². The number of aliphatic carboxylic acids is 1. The van der Waals surface area contributed by atoms with Crippen molar-refractivity contribution in [1.82, 2.24) is 4.90 Å². The van der Waals surface area contributed by atoms with Crippen LogP contribution in [0.15, 0.2) is 29.2 Å². The van der Waals surface area contributed by atoms with E-state index in [-0.39, 0.29) is 24.0 Å². The molecular formula is C13H16FNO3S. The zero-order valence-corrected chi connectivity index (χ0v) is 11.5. The second-order valence-electron chi connectivity index (χ2n) is 3.95. The van der Waals surface area contributed by atoms with Crippen LogP contribution in [-0.2, 0) is 9.59 Å². The van der Waals surface area contributed by atoms with Crippen molar-refractivity contribution in [2.24, 2.45) is 0 Å². The lowest BCUT2D eigenvalue weighted by molar-refractivity contribution is -0.143. The molecule has 4 nitrogen and oxygen atoms in total. The summed E-state index contributed by atoms with van der Waals surface area (Å²) in [6, 6.07) is 5.84. The predicted octanol–water partition coefficient (Wildman–Crippen LogP) is 2.24. The van der Waals surface area contributed by atoms with Gasteiger partial charge in [0.1, 0.15) is 12.4 Å². The summed E-state index contributed by atoms with van der Waals surface area (Å²) >= 11 is 1.27. The first-order valence-corrected chi connectivity index (χ1v) is 6.89. The molecule has 0 aliphatic heterocycles. The molecule has 6 heteroatoms. The summed E-state index contributed by atoms with van der Waals surface area (Å²) in [5, 5.41) is 8.73. The minimum Gasteiger partial charge on any atom is -0.480 e. The number of carbonyl (C=O) groups excluding carboxylic acids is 1. The summed E-state index contributed by atoms with van der Waals surface area (Å²) in [5.74, 6) is -1.42. The molecule has 0 aliphatic rings. The fraction of sp³-hybridized carbons (Fsp3) is 0.385. The standard InChI is InChI=1S/C13H16FNO3S/c1-2-7-15(8-13(17)18)12(16)9-19-11-5-3-10(14)4-6-11/h3-6H,2,7-9H2,1H3,(H,17,18). The number of hydrogen-bond donors (Lipinski definition) is 1. The molecule has 0 aliphatic carbocycles. The maximum atomic E-state index is 12.7. The van der Waals surface area contributed by atoms with Crippen LogP contribution in [0.25, 0.3) is 0 Å². The zero-order chi connectivity index (χ0) is 14.3. The molecule has 1 N–H and O–H groups in total. The number of carboxylic acid groups (broad SMARTS) is 1. The van der Waals surface area contributed by atoms with Crippen LogP contribution in [0.5, 0.6) is 0 Å². The Kier molecular flexibility index (Phi) is 6.35. The molecule has 1 amide bonds. The number of amides is 1. The van der Waals surface area contributed by atoms with E-state index in [1.165, 1.54) is 28.8 Å². The lowest BCUT2D eigenvalue weighted by Crippen LogP contribution is -2.37. The quantitative estimate of drug-likeness (QED) is 0.781. The lowest BCUT2D eigenvalue weighted by atomic mass is 10.3. The van der Waals surface area contributed by atoms with Crippen LogP contribution in [0.3, 0.4) is 0 Å². The molecule has 0 fully saturated rings. The molecule has 0 saturated heterocycles. The van der Waals surface area contributed by atoms with Gasteiger partial charge in [-0.05, 0) is 30.7 Å². The van der Waals surface area contributed by atoms with Gasteiger partial charge in [0.15, 0.2) is 0 Å². The largest absolute Gasteiger partial charge is 0.480 e. The Labute approximate surface area is 115 Å². The molecule has 1 aromatic rings. The highest BCUT2D eigenvalue weighted by Crippen LogP contribution is 2.18. The fourth-order valence-electron chi connectivity index (χ4n) is 1.49. The van der Waals surface area contributed by atoms with Crippen molar-refractivity contribution in [2.75, 3.05) is 18.8 Å². The highest BCUT2D eigenvalue weighted by atomic mass is 32.2. The van der Waals surface area contributed by atoms with Crippen LogP contribution >= 0.6 is 11.8 Å². The molecule has 1 aromatic carbocycles. The lowest BCUT2D eigenvalue weighted by Gasteiger charge is -2.19. The van der Waals surface area contributed by atoms with Gasteiger partial charge in [0.25, 0.3) is 0 Å². The second kappa shape index (κ2) is 7.78. The molecule has 0 radical (unpaired) electrons. The predicted molar refractivity (Wildman–Crippen MR) is 71.6 cm³/mol. The molecular weight excluding hydrogens is 269 g/mol. The Balaban J connectivity index is 2.51. The van der Waals surface area contributed by atoms with Gasteiger partial charge >= 0.3 is 5.97 Å². The van der Waals surface area contributed by atoms with Crippen molar-refractivity contribution >= 4 is 23.6 Å². The summed E-state index contributed by atoms with van der Waals surface area (Å²) in [6.07, 6.45) is 0.709. The number of thioether (sulfide) groups is 1. The van der Waals surface area contributed by atoms with Crippen LogP contribution in [0.1, 0.15) is 13.3 Å². The van der Waals surface area contributed by atoms with Crippen molar-refractivity contribution in [1.29, 1.82) is 0 Å². The molecule has 0 atom stereocenters. The molecule has 0 aromatic heterocycles. The van der Waals surface area contributed by atoms with Gasteiger partial charge < -0.3 is 10.0 Å². The van der Waals surface area contributed by atoms with Crippen molar-refractivity contribution < 1.29 is 19.1 Å². The Morgan fingerprint density at radius 1 is 1.32 bits per heavy atom. The molecule has 0 heterocycles. The molecule has 19 heavy (non-hydrogen) atoms. The smallest absolute Gasteiger partial charge is 0.323 e. The van der Waals surface area contributed by atoms with Gasteiger partial charge in [0, 0.05) is 11.4 Å². The number of benzene rings is 1. The van der Waals surface area contributed by atoms with Crippen molar-refractivity contribution in [3.8, 4) is 0 Å². The van der Waals surface area contributed by atoms with E-state index in [2.05, 4.69) is 0 Å². The van der Waals surface area contributed by atoms with E-state index in [4.69, 9.17) is 5.11 Å². The van der Waals surface area contributed by atoms with E-state index in [1.807, 2.05) is 6.92 Å². The average molecular weight is 285 g/mol. The Hall–Kier alpha value is -1.56. The van der Waals surface area contributed by atoms with Crippen molar-refractivity contribution in [2.45, 2.75) is 18.2 Å². The third kappa shape index (κ3) is 5.74. The Morgan fingerprint density at radius 3 is 2.47 bits per heavy atom. The number of halogens is 1. The Bertz CT molecular complexity index is 436. The van der Waals surface area contributed by atoms with Gasteiger partial charge in [-0.2, -0.15) is 0 Å². The van der Waals surface area contributed by atoms with Crippen molar-refractivity contribution in [3.05, 3.63) is 30.1 Å². The second-order valence-corrected chi connectivity index (χ2v) is 5.00. The first-order valence-electron chi connectivity index (χ1n) is 5.91. The third-order valence-electron chi connectivity index (χ3n) is 2.35.